The molecule has 2 N–H and O–H groups in total. The maximum atomic E-state index is 12.0. The molecule has 18 heavy (non-hydrogen) atoms. The Bertz CT molecular complexity index is 495. The molecule has 7 nitrogen and oxygen atoms in total. The molecule has 1 rings (SSSR count). The second kappa shape index (κ2) is 5.30. The van der Waals surface area contributed by atoms with Crippen molar-refractivity contribution >= 4 is 10.0 Å². The Morgan fingerprint density at radius 3 is 1.72 bits per heavy atom. The van der Waals surface area contributed by atoms with Crippen LogP contribution < -0.4 is 14.6 Å². The third-order valence-electron chi connectivity index (χ3n) is 1.42. The van der Waals surface area contributed by atoms with E-state index in [1.807, 2.05) is 0 Å². The van der Waals surface area contributed by atoms with Crippen molar-refractivity contribution in [3.63, 3.8) is 0 Å². The molecule has 0 aliphatic heterocycles. The van der Waals surface area contributed by atoms with Crippen LogP contribution in [0.15, 0.2) is 11.2 Å². The summed E-state index contributed by atoms with van der Waals surface area (Å²) in [6, 6.07) is 0. The van der Waals surface area contributed by atoms with Gasteiger partial charge in [0.05, 0.1) is 0 Å². The molecule has 1 aromatic rings. The number of alkyl halides is 4. The highest BCUT2D eigenvalue weighted by Gasteiger charge is 2.28. The van der Waals surface area contributed by atoms with Crippen LogP contribution in [0, 0.1) is 0 Å². The van der Waals surface area contributed by atoms with Crippen LogP contribution in [-0.2, 0) is 10.0 Å². The number of halogens is 4. The number of nitrogens with two attached hydrogens (primary N) is 1. The molecule has 12 heteroatoms. The van der Waals surface area contributed by atoms with Crippen molar-refractivity contribution in [3.05, 3.63) is 6.33 Å². The van der Waals surface area contributed by atoms with Crippen LogP contribution in [0.5, 0.6) is 11.8 Å². The molecule has 1 heterocycles. The molecule has 0 amide bonds. The van der Waals surface area contributed by atoms with E-state index < -0.39 is 39.9 Å². The summed E-state index contributed by atoms with van der Waals surface area (Å²) < 4.78 is 77.5. The van der Waals surface area contributed by atoms with Crippen LogP contribution in [0.3, 0.4) is 0 Å². The maximum Gasteiger partial charge on any atom is 0.388 e. The molecular formula is C6H5F4N3O4S. The number of primary sulfonamides is 1. The molecule has 0 saturated heterocycles. The Hall–Kier alpha value is -1.69. The number of hydrogen-bond donors (Lipinski definition) is 1. The molecule has 0 spiro atoms. The van der Waals surface area contributed by atoms with Crippen LogP contribution in [-0.4, -0.2) is 31.6 Å². The first-order valence-corrected chi connectivity index (χ1v) is 5.54. The number of ether oxygens (including phenoxy) is 2. The summed E-state index contributed by atoms with van der Waals surface area (Å²) in [5, 5.41) is 4.65. The average Bonchev–Trinajstić information content (AvgIpc) is 2.13. The average molecular weight is 291 g/mol. The number of nitrogens with zero attached hydrogens (tertiary/aromatic N) is 2. The lowest BCUT2D eigenvalue weighted by Gasteiger charge is -2.11. The van der Waals surface area contributed by atoms with E-state index in [4.69, 9.17) is 0 Å². The first-order chi connectivity index (χ1) is 8.21. The summed E-state index contributed by atoms with van der Waals surface area (Å²) in [7, 11) is -4.70. The molecule has 0 atom stereocenters. The fourth-order valence-electron chi connectivity index (χ4n) is 0.923. The van der Waals surface area contributed by atoms with E-state index in [2.05, 4.69) is 24.6 Å². The fourth-order valence-corrected chi connectivity index (χ4v) is 1.61. The smallest absolute Gasteiger partial charge is 0.388 e. The fraction of sp³-hybridized carbons (Fsp3) is 0.333. The Kier molecular flexibility index (Phi) is 4.24. The highest BCUT2D eigenvalue weighted by Crippen LogP contribution is 2.29. The molecule has 0 aliphatic rings. The van der Waals surface area contributed by atoms with E-state index in [1.54, 1.807) is 0 Å². The Labute approximate surface area is 97.6 Å². The van der Waals surface area contributed by atoms with Gasteiger partial charge in [0.25, 0.3) is 0 Å². The molecule has 0 bridgehead atoms. The van der Waals surface area contributed by atoms with Gasteiger partial charge in [0.2, 0.25) is 26.7 Å². The van der Waals surface area contributed by atoms with E-state index in [9.17, 15) is 26.0 Å². The molecule has 1 aromatic heterocycles. The lowest BCUT2D eigenvalue weighted by molar-refractivity contribution is -0.0622. The second-order valence-corrected chi connectivity index (χ2v) is 4.11. The summed E-state index contributed by atoms with van der Waals surface area (Å²) in [6.07, 6.45) is 0.504. The highest BCUT2D eigenvalue weighted by atomic mass is 32.2. The Morgan fingerprint density at radius 1 is 1.06 bits per heavy atom. The summed E-state index contributed by atoms with van der Waals surface area (Å²) in [5.74, 6) is -2.36. The Morgan fingerprint density at radius 2 is 1.44 bits per heavy atom. The number of aromatic nitrogens is 2. The molecule has 0 unspecified atom stereocenters. The quantitative estimate of drug-likeness (QED) is 0.784. The van der Waals surface area contributed by atoms with Crippen LogP contribution in [0.2, 0.25) is 0 Å². The van der Waals surface area contributed by atoms with E-state index >= 15 is 0 Å². The van der Waals surface area contributed by atoms with Gasteiger partial charge in [-0.05, 0) is 0 Å². The van der Waals surface area contributed by atoms with Gasteiger partial charge in [0.15, 0.2) is 0 Å². The van der Waals surface area contributed by atoms with Crippen molar-refractivity contribution in [1.82, 2.24) is 9.97 Å². The van der Waals surface area contributed by atoms with Crippen LogP contribution >= 0.6 is 0 Å². The van der Waals surface area contributed by atoms with E-state index in [-0.39, 0.29) is 0 Å². The van der Waals surface area contributed by atoms with Gasteiger partial charge in [0.1, 0.15) is 6.33 Å². The van der Waals surface area contributed by atoms with Crippen LogP contribution in [0.1, 0.15) is 0 Å². The molecule has 0 aromatic carbocycles. The molecule has 102 valence electrons. The minimum absolute atomic E-state index is 0.504. The lowest BCUT2D eigenvalue weighted by Crippen LogP contribution is -2.19. The molecule has 0 saturated carbocycles. The molecule has 0 aliphatic carbocycles. The van der Waals surface area contributed by atoms with Gasteiger partial charge in [-0.2, -0.15) is 17.6 Å². The van der Waals surface area contributed by atoms with Gasteiger partial charge >= 0.3 is 13.2 Å². The first-order valence-electron chi connectivity index (χ1n) is 3.99. The number of rotatable bonds is 5. The summed E-state index contributed by atoms with van der Waals surface area (Å²) in [6.45, 7) is -6.86. The van der Waals surface area contributed by atoms with Crippen LogP contribution in [0.25, 0.3) is 0 Å². The largest absolute Gasteiger partial charge is 0.415 e. The third kappa shape index (κ3) is 3.66. The second-order valence-electron chi connectivity index (χ2n) is 2.62. The highest BCUT2D eigenvalue weighted by molar-refractivity contribution is 7.89. The standard InChI is InChI=1S/C6H5F4N3O4S/c7-5(8)16-3-2(18(11,14)15)4(13-1-12-3)17-6(9)10/h1,5-6H,(H2,11,14,15). The topological polar surface area (TPSA) is 104 Å². The van der Waals surface area contributed by atoms with Gasteiger partial charge < -0.3 is 9.47 Å². The zero-order valence-corrected chi connectivity index (χ0v) is 9.07. The van der Waals surface area contributed by atoms with E-state index in [0.717, 1.165) is 0 Å². The summed E-state index contributed by atoms with van der Waals surface area (Å²) in [4.78, 5) is 4.83. The molecule has 0 fully saturated rings. The first kappa shape index (κ1) is 14.4. The van der Waals surface area contributed by atoms with Gasteiger partial charge in [0, 0.05) is 0 Å². The zero-order chi connectivity index (χ0) is 13.9. The lowest BCUT2D eigenvalue weighted by atomic mass is 10.6. The Balaban J connectivity index is 3.35. The zero-order valence-electron chi connectivity index (χ0n) is 8.26. The van der Waals surface area contributed by atoms with Crippen LogP contribution in [0.4, 0.5) is 17.6 Å². The van der Waals surface area contributed by atoms with Gasteiger partial charge in [-0.25, -0.2) is 23.5 Å². The van der Waals surface area contributed by atoms with Crippen molar-refractivity contribution in [2.45, 2.75) is 18.1 Å². The van der Waals surface area contributed by atoms with Gasteiger partial charge in [-0.3, -0.25) is 0 Å². The summed E-state index contributed by atoms with van der Waals surface area (Å²) in [5.41, 5.74) is 0. The number of sulfonamides is 1. The third-order valence-corrected chi connectivity index (χ3v) is 2.34. The SMILES string of the molecule is NS(=O)(=O)c1c(OC(F)F)ncnc1OC(F)F. The minimum atomic E-state index is -4.70. The maximum absolute atomic E-state index is 12.0. The molecular weight excluding hydrogens is 286 g/mol. The van der Waals surface area contributed by atoms with E-state index in [1.165, 1.54) is 0 Å². The monoisotopic (exact) mass is 291 g/mol. The normalized spacial score (nSPS) is 11.9. The van der Waals surface area contributed by atoms with Crippen molar-refractivity contribution in [2.24, 2.45) is 5.14 Å². The van der Waals surface area contributed by atoms with E-state index in [0.29, 0.717) is 6.33 Å². The molecule has 0 radical (unpaired) electrons. The van der Waals surface area contributed by atoms with Crippen molar-refractivity contribution in [1.29, 1.82) is 0 Å². The van der Waals surface area contributed by atoms with Crippen molar-refractivity contribution in [3.8, 4) is 11.8 Å². The van der Waals surface area contributed by atoms with Crippen molar-refractivity contribution in [2.75, 3.05) is 0 Å². The number of hydrogen-bond acceptors (Lipinski definition) is 6. The van der Waals surface area contributed by atoms with Crippen molar-refractivity contribution < 1.29 is 35.5 Å². The summed E-state index contributed by atoms with van der Waals surface area (Å²) >= 11 is 0. The minimum Gasteiger partial charge on any atom is -0.415 e. The predicted molar refractivity (Wildman–Crippen MR) is 46.7 cm³/mol. The van der Waals surface area contributed by atoms with Gasteiger partial charge in [-0.15, -0.1) is 0 Å². The predicted octanol–water partition coefficient (Wildman–Crippen LogP) is 0.327. The van der Waals surface area contributed by atoms with Gasteiger partial charge in [-0.1, -0.05) is 0 Å².